The lowest BCUT2D eigenvalue weighted by Crippen LogP contribution is -2.20. The Hall–Kier alpha value is -1.35. The summed E-state index contributed by atoms with van der Waals surface area (Å²) in [5, 5.41) is 10.4. The molecule has 3 nitrogen and oxygen atoms in total. The van der Waals surface area contributed by atoms with Crippen LogP contribution >= 0.6 is 0 Å². The van der Waals surface area contributed by atoms with Gasteiger partial charge in [-0.2, -0.15) is 0 Å². The van der Waals surface area contributed by atoms with Crippen LogP contribution in [0.2, 0.25) is 0 Å². The molecule has 116 valence electrons. The molecule has 0 bridgehead atoms. The van der Waals surface area contributed by atoms with Gasteiger partial charge in [0.25, 0.3) is 0 Å². The second-order valence-corrected chi connectivity index (χ2v) is 7.54. The number of nitrogens with zero attached hydrogens (tertiary/aromatic N) is 2. The van der Waals surface area contributed by atoms with E-state index >= 15 is 0 Å². The van der Waals surface area contributed by atoms with E-state index in [-0.39, 0.29) is 6.10 Å². The third-order valence-electron chi connectivity index (χ3n) is 3.93. The summed E-state index contributed by atoms with van der Waals surface area (Å²) < 4.78 is 2.09. The topological polar surface area (TPSA) is 38.1 Å². The Morgan fingerprint density at radius 2 is 1.90 bits per heavy atom. The number of aryl methyl sites for hydroxylation is 1. The van der Waals surface area contributed by atoms with Gasteiger partial charge in [0, 0.05) is 13.5 Å². The quantitative estimate of drug-likeness (QED) is 0.905. The largest absolute Gasteiger partial charge is 0.393 e. The third-order valence-corrected chi connectivity index (χ3v) is 3.93. The normalized spacial score (nSPS) is 15.3. The Bertz CT molecular complexity index is 595. The van der Waals surface area contributed by atoms with Gasteiger partial charge in [0.05, 0.1) is 17.1 Å². The number of aliphatic hydroxyl groups excluding tert-OH is 1. The molecule has 2 aromatic rings. The average Bonchev–Trinajstić information content (AvgIpc) is 2.64. The van der Waals surface area contributed by atoms with E-state index in [1.165, 1.54) is 0 Å². The summed E-state index contributed by atoms with van der Waals surface area (Å²) in [5.41, 5.74) is 2.45. The number of para-hydroxylation sites is 2. The van der Waals surface area contributed by atoms with Crippen LogP contribution in [-0.4, -0.2) is 20.8 Å². The maximum Gasteiger partial charge on any atom is 0.112 e. The molecule has 0 aliphatic heterocycles. The molecule has 1 N–H and O–H groups in total. The first-order valence-electron chi connectivity index (χ1n) is 7.84. The highest BCUT2D eigenvalue weighted by Gasteiger charge is 2.19. The predicted octanol–water partition coefficient (Wildman–Crippen LogP) is 3.94. The first-order valence-corrected chi connectivity index (χ1v) is 7.84. The minimum atomic E-state index is -0.321. The number of fused-ring (bicyclic) bond motifs is 1. The van der Waals surface area contributed by atoms with Gasteiger partial charge in [0.1, 0.15) is 5.82 Å². The van der Waals surface area contributed by atoms with Crippen molar-refractivity contribution in [2.75, 3.05) is 0 Å². The van der Waals surface area contributed by atoms with Crippen molar-refractivity contribution in [2.45, 2.75) is 53.1 Å². The van der Waals surface area contributed by atoms with E-state index in [2.05, 4.69) is 43.3 Å². The molecule has 0 amide bonds. The van der Waals surface area contributed by atoms with Gasteiger partial charge in [-0.1, -0.05) is 39.8 Å². The van der Waals surface area contributed by atoms with E-state index in [9.17, 15) is 5.11 Å². The Morgan fingerprint density at radius 3 is 2.52 bits per heavy atom. The first-order chi connectivity index (χ1) is 9.76. The van der Waals surface area contributed by atoms with Gasteiger partial charge in [0.2, 0.25) is 0 Å². The van der Waals surface area contributed by atoms with Gasteiger partial charge in [0.15, 0.2) is 0 Å². The Balaban J connectivity index is 2.01. The lowest BCUT2D eigenvalue weighted by molar-refractivity contribution is 0.130. The maximum atomic E-state index is 10.4. The molecule has 0 saturated heterocycles. The van der Waals surface area contributed by atoms with E-state index in [0.717, 1.165) is 29.7 Å². The molecule has 0 spiro atoms. The Morgan fingerprint density at radius 1 is 1.24 bits per heavy atom. The van der Waals surface area contributed by atoms with E-state index in [0.29, 0.717) is 17.8 Å². The van der Waals surface area contributed by atoms with Crippen LogP contribution < -0.4 is 0 Å². The smallest absolute Gasteiger partial charge is 0.112 e. The van der Waals surface area contributed by atoms with Crippen molar-refractivity contribution < 1.29 is 5.11 Å². The van der Waals surface area contributed by atoms with E-state index in [4.69, 9.17) is 0 Å². The lowest BCUT2D eigenvalue weighted by atomic mass is 9.83. The molecule has 0 radical (unpaired) electrons. The van der Waals surface area contributed by atoms with Crippen molar-refractivity contribution in [3.05, 3.63) is 30.1 Å². The van der Waals surface area contributed by atoms with Crippen LogP contribution in [0.3, 0.4) is 0 Å². The maximum absolute atomic E-state index is 10.4. The lowest BCUT2D eigenvalue weighted by Gasteiger charge is -2.24. The predicted molar refractivity (Wildman–Crippen MR) is 88.3 cm³/mol. The van der Waals surface area contributed by atoms with Crippen LogP contribution in [0, 0.1) is 11.3 Å². The fraction of sp³-hybridized carbons (Fsp3) is 0.611. The SMILES string of the molecule is CC(CC(O)Cc1nc2ccccc2n1C)CC(C)(C)C. The highest BCUT2D eigenvalue weighted by molar-refractivity contribution is 5.75. The summed E-state index contributed by atoms with van der Waals surface area (Å²) in [6, 6.07) is 8.12. The Kier molecular flexibility index (Phi) is 4.72. The highest BCUT2D eigenvalue weighted by Crippen LogP contribution is 2.27. The minimum absolute atomic E-state index is 0.317. The van der Waals surface area contributed by atoms with Gasteiger partial charge in [-0.15, -0.1) is 0 Å². The van der Waals surface area contributed by atoms with E-state index < -0.39 is 0 Å². The van der Waals surface area contributed by atoms with Crippen LogP contribution in [0.25, 0.3) is 11.0 Å². The molecule has 0 aliphatic carbocycles. The minimum Gasteiger partial charge on any atom is -0.393 e. The van der Waals surface area contributed by atoms with Crippen LogP contribution in [0.1, 0.15) is 46.4 Å². The van der Waals surface area contributed by atoms with Crippen molar-refractivity contribution in [3.63, 3.8) is 0 Å². The van der Waals surface area contributed by atoms with Gasteiger partial charge in [-0.25, -0.2) is 4.98 Å². The van der Waals surface area contributed by atoms with E-state index in [1.807, 2.05) is 25.2 Å². The van der Waals surface area contributed by atoms with Gasteiger partial charge >= 0.3 is 0 Å². The van der Waals surface area contributed by atoms with Crippen LogP contribution in [0.5, 0.6) is 0 Å². The molecule has 0 fully saturated rings. The number of benzene rings is 1. The monoisotopic (exact) mass is 288 g/mol. The summed E-state index contributed by atoms with van der Waals surface area (Å²) in [6.07, 6.45) is 2.27. The molecule has 2 unspecified atom stereocenters. The fourth-order valence-corrected chi connectivity index (χ4v) is 3.27. The van der Waals surface area contributed by atoms with Gasteiger partial charge in [-0.3, -0.25) is 0 Å². The van der Waals surface area contributed by atoms with Crippen molar-refractivity contribution in [1.29, 1.82) is 0 Å². The fourth-order valence-electron chi connectivity index (χ4n) is 3.27. The zero-order valence-corrected chi connectivity index (χ0v) is 13.9. The van der Waals surface area contributed by atoms with Crippen LogP contribution in [-0.2, 0) is 13.5 Å². The van der Waals surface area contributed by atoms with Crippen molar-refractivity contribution in [3.8, 4) is 0 Å². The molecule has 1 aromatic heterocycles. The second kappa shape index (κ2) is 6.18. The number of imidazole rings is 1. The van der Waals surface area contributed by atoms with Gasteiger partial charge in [-0.05, 0) is 36.3 Å². The molecule has 3 heteroatoms. The number of hydrogen-bond donors (Lipinski definition) is 1. The zero-order chi connectivity index (χ0) is 15.6. The molecule has 21 heavy (non-hydrogen) atoms. The summed E-state index contributed by atoms with van der Waals surface area (Å²) >= 11 is 0. The second-order valence-electron chi connectivity index (χ2n) is 7.54. The zero-order valence-electron chi connectivity index (χ0n) is 13.9. The van der Waals surface area contributed by atoms with Gasteiger partial charge < -0.3 is 9.67 Å². The van der Waals surface area contributed by atoms with Crippen molar-refractivity contribution in [2.24, 2.45) is 18.4 Å². The number of aliphatic hydroxyl groups is 1. The summed E-state index contributed by atoms with van der Waals surface area (Å²) in [4.78, 5) is 4.64. The molecule has 0 saturated carbocycles. The van der Waals surface area contributed by atoms with Crippen LogP contribution in [0.15, 0.2) is 24.3 Å². The highest BCUT2D eigenvalue weighted by atomic mass is 16.3. The summed E-state index contributed by atoms with van der Waals surface area (Å²) in [7, 11) is 2.02. The number of rotatable bonds is 5. The molecule has 2 atom stereocenters. The van der Waals surface area contributed by atoms with Crippen molar-refractivity contribution >= 4 is 11.0 Å². The summed E-state index contributed by atoms with van der Waals surface area (Å²) in [6.45, 7) is 8.98. The Labute approximate surface area is 128 Å². The van der Waals surface area contributed by atoms with Crippen molar-refractivity contribution in [1.82, 2.24) is 9.55 Å². The van der Waals surface area contributed by atoms with Crippen LogP contribution in [0.4, 0.5) is 0 Å². The molecular formula is C18H28N2O. The van der Waals surface area contributed by atoms with E-state index in [1.54, 1.807) is 0 Å². The molecule has 2 rings (SSSR count). The molecule has 1 aromatic carbocycles. The number of aromatic nitrogens is 2. The first kappa shape index (κ1) is 16.0. The third kappa shape index (κ3) is 4.31. The molecule has 1 heterocycles. The summed E-state index contributed by atoms with van der Waals surface area (Å²) in [5.74, 6) is 1.49. The average molecular weight is 288 g/mol. The number of hydrogen-bond acceptors (Lipinski definition) is 2. The molecular weight excluding hydrogens is 260 g/mol. The molecule has 0 aliphatic rings. The standard InChI is InChI=1S/C18H28N2O/c1-13(12-18(2,3)4)10-14(21)11-17-19-15-8-6-7-9-16(15)20(17)5/h6-9,13-14,21H,10-12H2,1-5H3.